The van der Waals surface area contributed by atoms with E-state index in [2.05, 4.69) is 5.92 Å². The lowest BCUT2D eigenvalue weighted by molar-refractivity contribution is 0.105. The van der Waals surface area contributed by atoms with Crippen LogP contribution < -0.4 is 5.73 Å². The number of hydrogen-bond donors (Lipinski definition) is 1. The molecule has 0 saturated heterocycles. The molecule has 1 nitrogen and oxygen atoms in total. The summed E-state index contributed by atoms with van der Waals surface area (Å²) < 4.78 is 13.5. The molecule has 0 heterocycles. The van der Waals surface area contributed by atoms with Crippen LogP contribution in [-0.4, -0.2) is 11.7 Å². The molecule has 0 spiro atoms. The van der Waals surface area contributed by atoms with Gasteiger partial charge in [0.25, 0.3) is 0 Å². The Bertz CT molecular complexity index is 163. The van der Waals surface area contributed by atoms with Crippen LogP contribution in [0, 0.1) is 12.3 Å². The fourth-order valence-corrected chi connectivity index (χ4v) is 1.52. The third-order valence-corrected chi connectivity index (χ3v) is 2.35. The van der Waals surface area contributed by atoms with Gasteiger partial charge in [-0.15, -0.1) is 12.3 Å². The molecule has 0 unspecified atom stereocenters. The fourth-order valence-electron chi connectivity index (χ4n) is 1.52. The number of terminal acetylenes is 1. The molecule has 1 rings (SSSR count). The summed E-state index contributed by atoms with van der Waals surface area (Å²) in [6, 6.07) is 0.191. The van der Waals surface area contributed by atoms with Crippen molar-refractivity contribution < 1.29 is 4.39 Å². The summed E-state index contributed by atoms with van der Waals surface area (Å²) in [7, 11) is 0. The molecule has 1 aliphatic carbocycles. The summed E-state index contributed by atoms with van der Waals surface area (Å²) in [5.74, 6) is 2.38. The maximum Gasteiger partial charge on any atom is 0.122 e. The Balaban J connectivity index is 2.43. The zero-order chi connectivity index (χ0) is 8.32. The van der Waals surface area contributed by atoms with Crippen LogP contribution >= 0.6 is 0 Å². The lowest BCUT2D eigenvalue weighted by Gasteiger charge is -2.30. The van der Waals surface area contributed by atoms with E-state index in [9.17, 15) is 4.39 Å². The Morgan fingerprint density at radius 3 is 2.55 bits per heavy atom. The van der Waals surface area contributed by atoms with E-state index in [4.69, 9.17) is 12.2 Å². The Labute approximate surface area is 67.2 Å². The first kappa shape index (κ1) is 8.55. The van der Waals surface area contributed by atoms with Crippen LogP contribution in [0.2, 0.25) is 0 Å². The number of hydrogen-bond acceptors (Lipinski definition) is 1. The van der Waals surface area contributed by atoms with Crippen molar-refractivity contribution in [3.8, 4) is 12.3 Å². The summed E-state index contributed by atoms with van der Waals surface area (Å²) in [5, 5.41) is 0. The van der Waals surface area contributed by atoms with Gasteiger partial charge < -0.3 is 5.73 Å². The number of halogens is 1. The SMILES string of the molecule is C#CCC1(F)CCC(N)CC1. The quantitative estimate of drug-likeness (QED) is 0.572. The summed E-state index contributed by atoms with van der Waals surface area (Å²) in [4.78, 5) is 0. The second-order valence-corrected chi connectivity index (χ2v) is 3.37. The van der Waals surface area contributed by atoms with Crippen LogP contribution in [0.1, 0.15) is 32.1 Å². The molecular formula is C9H14FN. The summed E-state index contributed by atoms with van der Waals surface area (Å²) in [6.45, 7) is 0. The van der Waals surface area contributed by atoms with Gasteiger partial charge in [0.1, 0.15) is 5.67 Å². The van der Waals surface area contributed by atoms with E-state index in [1.165, 1.54) is 0 Å². The van der Waals surface area contributed by atoms with E-state index >= 15 is 0 Å². The molecule has 0 radical (unpaired) electrons. The molecule has 0 amide bonds. The van der Waals surface area contributed by atoms with Gasteiger partial charge in [-0.3, -0.25) is 0 Å². The molecule has 2 heteroatoms. The van der Waals surface area contributed by atoms with Crippen LogP contribution in [-0.2, 0) is 0 Å². The largest absolute Gasteiger partial charge is 0.328 e. The minimum Gasteiger partial charge on any atom is -0.328 e. The third kappa shape index (κ3) is 2.20. The highest BCUT2D eigenvalue weighted by atomic mass is 19.1. The van der Waals surface area contributed by atoms with Gasteiger partial charge in [0, 0.05) is 12.5 Å². The molecule has 1 saturated carbocycles. The molecule has 1 aliphatic rings. The molecular weight excluding hydrogens is 141 g/mol. The predicted octanol–water partition coefficient (Wildman–Crippen LogP) is 1.62. The zero-order valence-corrected chi connectivity index (χ0v) is 6.65. The van der Waals surface area contributed by atoms with Crippen molar-refractivity contribution in [2.24, 2.45) is 5.73 Å². The van der Waals surface area contributed by atoms with Crippen molar-refractivity contribution in [2.75, 3.05) is 0 Å². The first-order valence-corrected chi connectivity index (χ1v) is 4.04. The van der Waals surface area contributed by atoms with Crippen LogP contribution in [0.5, 0.6) is 0 Å². The van der Waals surface area contributed by atoms with Crippen LogP contribution in [0.3, 0.4) is 0 Å². The summed E-state index contributed by atoms with van der Waals surface area (Å²) in [5.41, 5.74) is 4.53. The molecule has 1 fully saturated rings. The van der Waals surface area contributed by atoms with Crippen molar-refractivity contribution >= 4 is 0 Å². The maximum absolute atomic E-state index is 13.5. The van der Waals surface area contributed by atoms with E-state index in [1.807, 2.05) is 0 Å². The number of rotatable bonds is 1. The monoisotopic (exact) mass is 155 g/mol. The molecule has 62 valence electrons. The van der Waals surface area contributed by atoms with Gasteiger partial charge in [0.2, 0.25) is 0 Å². The van der Waals surface area contributed by atoms with E-state index in [-0.39, 0.29) is 12.5 Å². The molecule has 0 atom stereocenters. The molecule has 2 N–H and O–H groups in total. The van der Waals surface area contributed by atoms with E-state index in [0.29, 0.717) is 12.8 Å². The molecule has 0 bridgehead atoms. The second kappa shape index (κ2) is 3.23. The first-order chi connectivity index (χ1) is 5.16. The highest BCUT2D eigenvalue weighted by Gasteiger charge is 2.33. The smallest absolute Gasteiger partial charge is 0.122 e. The predicted molar refractivity (Wildman–Crippen MR) is 43.7 cm³/mol. The number of nitrogens with two attached hydrogens (primary N) is 1. The van der Waals surface area contributed by atoms with Crippen molar-refractivity contribution in [1.82, 2.24) is 0 Å². The lowest BCUT2D eigenvalue weighted by Crippen LogP contribution is -2.35. The molecule has 0 aromatic carbocycles. The van der Waals surface area contributed by atoms with Gasteiger partial charge in [0.05, 0.1) is 0 Å². The zero-order valence-electron chi connectivity index (χ0n) is 6.65. The van der Waals surface area contributed by atoms with Gasteiger partial charge in [0.15, 0.2) is 0 Å². The van der Waals surface area contributed by atoms with Crippen molar-refractivity contribution in [3.05, 3.63) is 0 Å². The summed E-state index contributed by atoms with van der Waals surface area (Å²) >= 11 is 0. The van der Waals surface area contributed by atoms with Crippen LogP contribution in [0.15, 0.2) is 0 Å². The third-order valence-electron chi connectivity index (χ3n) is 2.35. The Hall–Kier alpha value is -0.550. The topological polar surface area (TPSA) is 26.0 Å². The van der Waals surface area contributed by atoms with Crippen LogP contribution in [0.4, 0.5) is 4.39 Å². The van der Waals surface area contributed by atoms with Gasteiger partial charge in [-0.05, 0) is 25.7 Å². The Kier molecular flexibility index (Phi) is 2.51. The highest BCUT2D eigenvalue weighted by Crippen LogP contribution is 2.33. The van der Waals surface area contributed by atoms with Crippen molar-refractivity contribution in [3.63, 3.8) is 0 Å². The van der Waals surface area contributed by atoms with E-state index in [1.54, 1.807) is 0 Å². The van der Waals surface area contributed by atoms with Gasteiger partial charge in [-0.25, -0.2) is 4.39 Å². The van der Waals surface area contributed by atoms with E-state index < -0.39 is 5.67 Å². The van der Waals surface area contributed by atoms with Crippen molar-refractivity contribution in [2.45, 2.75) is 43.8 Å². The van der Waals surface area contributed by atoms with Gasteiger partial charge in [-0.1, -0.05) is 0 Å². The Morgan fingerprint density at radius 1 is 1.55 bits per heavy atom. The average Bonchev–Trinajstić information content (AvgIpc) is 1.97. The highest BCUT2D eigenvalue weighted by molar-refractivity contribution is 4.98. The maximum atomic E-state index is 13.5. The minimum absolute atomic E-state index is 0.191. The Morgan fingerprint density at radius 2 is 2.09 bits per heavy atom. The molecule has 0 aromatic heterocycles. The molecule has 11 heavy (non-hydrogen) atoms. The standard InChI is InChI=1S/C9H14FN/c1-2-5-9(10)6-3-8(11)4-7-9/h1,8H,3-7,11H2. The van der Waals surface area contributed by atoms with Gasteiger partial charge in [-0.2, -0.15) is 0 Å². The minimum atomic E-state index is -1.11. The number of alkyl halides is 1. The first-order valence-electron chi connectivity index (χ1n) is 4.04. The van der Waals surface area contributed by atoms with Gasteiger partial charge >= 0.3 is 0 Å². The van der Waals surface area contributed by atoms with E-state index in [0.717, 1.165) is 12.8 Å². The average molecular weight is 155 g/mol. The van der Waals surface area contributed by atoms with Crippen LogP contribution in [0.25, 0.3) is 0 Å². The second-order valence-electron chi connectivity index (χ2n) is 3.37. The molecule has 0 aliphatic heterocycles. The summed E-state index contributed by atoms with van der Waals surface area (Å²) in [6.07, 6.45) is 7.94. The van der Waals surface area contributed by atoms with Crippen molar-refractivity contribution in [1.29, 1.82) is 0 Å². The fraction of sp³-hybridized carbons (Fsp3) is 0.778. The normalized spacial score (nSPS) is 38.1. The lowest BCUT2D eigenvalue weighted by atomic mass is 9.82. The molecule has 0 aromatic rings.